The SMILES string of the molecule is CCOC(=O)CC(C(=O)OCC)N1CCN(CC2CN(CCCCC3CCN(Cc4ccccc4)CC3)C(=O)O2)CC1. The van der Waals surface area contributed by atoms with E-state index in [1.54, 1.807) is 13.8 Å². The minimum absolute atomic E-state index is 0.00464. The van der Waals surface area contributed by atoms with Crippen LogP contribution in [0.25, 0.3) is 0 Å². The van der Waals surface area contributed by atoms with Crippen molar-refractivity contribution in [3.05, 3.63) is 35.9 Å². The second-order valence-electron chi connectivity index (χ2n) is 11.8. The van der Waals surface area contributed by atoms with Crippen molar-refractivity contribution in [3.8, 4) is 0 Å². The number of cyclic esters (lactones) is 1. The van der Waals surface area contributed by atoms with Crippen molar-refractivity contribution < 1.29 is 28.6 Å². The number of unbranched alkanes of at least 4 members (excludes halogenated alkanes) is 1. The fourth-order valence-corrected chi connectivity index (χ4v) is 6.39. The van der Waals surface area contributed by atoms with Crippen molar-refractivity contribution in [3.63, 3.8) is 0 Å². The van der Waals surface area contributed by atoms with Gasteiger partial charge < -0.3 is 19.1 Å². The largest absolute Gasteiger partial charge is 0.466 e. The molecule has 42 heavy (non-hydrogen) atoms. The second kappa shape index (κ2) is 16.8. The lowest BCUT2D eigenvalue weighted by atomic mass is 9.91. The van der Waals surface area contributed by atoms with Crippen LogP contribution >= 0.6 is 0 Å². The van der Waals surface area contributed by atoms with Gasteiger partial charge in [0.25, 0.3) is 0 Å². The Morgan fingerprint density at radius 2 is 1.64 bits per heavy atom. The van der Waals surface area contributed by atoms with Crippen LogP contribution in [0.2, 0.25) is 0 Å². The van der Waals surface area contributed by atoms with E-state index in [2.05, 4.69) is 40.1 Å². The summed E-state index contributed by atoms with van der Waals surface area (Å²) < 4.78 is 16.0. The third-order valence-corrected chi connectivity index (χ3v) is 8.73. The number of hydrogen-bond acceptors (Lipinski definition) is 9. The van der Waals surface area contributed by atoms with Gasteiger partial charge in [0.2, 0.25) is 0 Å². The number of nitrogens with zero attached hydrogens (tertiary/aromatic N) is 4. The van der Waals surface area contributed by atoms with Gasteiger partial charge in [0, 0.05) is 45.8 Å². The van der Waals surface area contributed by atoms with Crippen molar-refractivity contribution in [2.45, 2.75) is 71.1 Å². The molecule has 10 heteroatoms. The summed E-state index contributed by atoms with van der Waals surface area (Å²) in [7, 11) is 0. The molecule has 234 valence electrons. The highest BCUT2D eigenvalue weighted by Crippen LogP contribution is 2.24. The van der Waals surface area contributed by atoms with Gasteiger partial charge in [-0.1, -0.05) is 43.2 Å². The molecule has 3 heterocycles. The molecule has 10 nitrogen and oxygen atoms in total. The average molecular weight is 587 g/mol. The Kier molecular flexibility index (Phi) is 12.9. The zero-order valence-corrected chi connectivity index (χ0v) is 25.6. The zero-order chi connectivity index (χ0) is 29.7. The van der Waals surface area contributed by atoms with Gasteiger partial charge in [-0.2, -0.15) is 0 Å². The molecule has 0 radical (unpaired) electrons. The van der Waals surface area contributed by atoms with Gasteiger partial charge in [0.1, 0.15) is 12.1 Å². The quantitative estimate of drug-likeness (QED) is 0.174. The summed E-state index contributed by atoms with van der Waals surface area (Å²) >= 11 is 0. The van der Waals surface area contributed by atoms with E-state index in [0.717, 1.165) is 44.9 Å². The summed E-state index contributed by atoms with van der Waals surface area (Å²) in [5, 5.41) is 0. The topological polar surface area (TPSA) is 91.9 Å². The summed E-state index contributed by atoms with van der Waals surface area (Å²) in [4.78, 5) is 45.8. The monoisotopic (exact) mass is 586 g/mol. The van der Waals surface area contributed by atoms with Gasteiger partial charge in [0.15, 0.2) is 0 Å². The Bertz CT molecular complexity index is 978. The van der Waals surface area contributed by atoms with E-state index in [1.165, 1.54) is 37.9 Å². The zero-order valence-electron chi connectivity index (χ0n) is 25.6. The van der Waals surface area contributed by atoms with Crippen molar-refractivity contribution in [1.29, 1.82) is 0 Å². The number of carbonyl (C=O) groups excluding carboxylic acids is 3. The molecule has 3 saturated heterocycles. The maximum Gasteiger partial charge on any atom is 0.410 e. The summed E-state index contributed by atoms with van der Waals surface area (Å²) in [5.74, 6) is 0.0164. The van der Waals surface area contributed by atoms with Crippen LogP contribution < -0.4 is 0 Å². The fourth-order valence-electron chi connectivity index (χ4n) is 6.39. The molecular weight excluding hydrogens is 536 g/mol. The lowest BCUT2D eigenvalue weighted by Gasteiger charge is -2.38. The van der Waals surface area contributed by atoms with Crippen LogP contribution in [0.5, 0.6) is 0 Å². The molecule has 0 N–H and O–H groups in total. The molecule has 0 aliphatic carbocycles. The summed E-state index contributed by atoms with van der Waals surface area (Å²) in [6.45, 7) is 12.3. The number of esters is 2. The summed E-state index contributed by atoms with van der Waals surface area (Å²) in [6.07, 6.45) is 5.57. The first-order valence-electron chi connectivity index (χ1n) is 16.0. The Labute approximate surface area is 251 Å². The average Bonchev–Trinajstić information content (AvgIpc) is 3.34. The first-order chi connectivity index (χ1) is 20.4. The second-order valence-corrected chi connectivity index (χ2v) is 11.8. The molecule has 1 aromatic rings. The summed E-state index contributed by atoms with van der Waals surface area (Å²) in [5.41, 5.74) is 1.39. The number of piperazine rings is 1. The molecule has 4 rings (SSSR count). The molecule has 1 aromatic carbocycles. The van der Waals surface area contributed by atoms with E-state index >= 15 is 0 Å². The standard InChI is InChI=1S/C32H50N4O6/c1-3-40-30(37)22-29(31(38)41-4-2)35-20-18-34(19-21-35)24-28-25-36(32(39)42-28)15-9-8-10-26-13-16-33(17-14-26)23-27-11-6-5-7-12-27/h5-7,11-12,26,28-29H,3-4,8-10,13-25H2,1-2H3. The normalized spacial score (nSPS) is 21.7. The number of amides is 1. The third kappa shape index (κ3) is 9.95. The lowest BCUT2D eigenvalue weighted by Crippen LogP contribution is -2.54. The molecule has 0 bridgehead atoms. The molecule has 3 aliphatic rings. The van der Waals surface area contributed by atoms with E-state index < -0.39 is 6.04 Å². The smallest absolute Gasteiger partial charge is 0.410 e. The van der Waals surface area contributed by atoms with Crippen LogP contribution in [-0.2, 0) is 30.3 Å². The highest BCUT2D eigenvalue weighted by molar-refractivity contribution is 5.82. The highest BCUT2D eigenvalue weighted by Gasteiger charge is 2.36. The van der Waals surface area contributed by atoms with Crippen LogP contribution in [0.15, 0.2) is 30.3 Å². The van der Waals surface area contributed by atoms with Gasteiger partial charge in [0.05, 0.1) is 26.2 Å². The van der Waals surface area contributed by atoms with Crippen LogP contribution in [0.3, 0.4) is 0 Å². The number of benzene rings is 1. The number of carbonyl (C=O) groups is 3. The van der Waals surface area contributed by atoms with Gasteiger partial charge in [-0.3, -0.25) is 24.3 Å². The van der Waals surface area contributed by atoms with Crippen LogP contribution in [0, 0.1) is 5.92 Å². The van der Waals surface area contributed by atoms with E-state index in [-0.39, 0.29) is 43.8 Å². The van der Waals surface area contributed by atoms with Crippen molar-refractivity contribution in [2.24, 2.45) is 5.92 Å². The van der Waals surface area contributed by atoms with E-state index in [0.29, 0.717) is 26.2 Å². The van der Waals surface area contributed by atoms with Crippen molar-refractivity contribution in [1.82, 2.24) is 19.6 Å². The number of ether oxygens (including phenoxy) is 3. The van der Waals surface area contributed by atoms with Crippen molar-refractivity contribution >= 4 is 18.0 Å². The number of piperidine rings is 1. The molecule has 2 unspecified atom stereocenters. The maximum atomic E-state index is 12.5. The Morgan fingerprint density at radius 3 is 2.33 bits per heavy atom. The van der Waals surface area contributed by atoms with Gasteiger partial charge in [-0.05, 0) is 57.7 Å². The number of rotatable bonds is 15. The van der Waals surface area contributed by atoms with E-state index in [1.807, 2.05) is 9.80 Å². The van der Waals surface area contributed by atoms with Gasteiger partial charge in [-0.15, -0.1) is 0 Å². The maximum absolute atomic E-state index is 12.5. The van der Waals surface area contributed by atoms with Gasteiger partial charge >= 0.3 is 18.0 Å². The van der Waals surface area contributed by atoms with Gasteiger partial charge in [-0.25, -0.2) is 4.79 Å². The van der Waals surface area contributed by atoms with E-state index in [4.69, 9.17) is 14.2 Å². The number of hydrogen-bond donors (Lipinski definition) is 0. The molecule has 0 aromatic heterocycles. The predicted molar refractivity (Wildman–Crippen MR) is 160 cm³/mol. The first-order valence-corrected chi connectivity index (χ1v) is 16.0. The lowest BCUT2D eigenvalue weighted by molar-refractivity contribution is -0.157. The minimum Gasteiger partial charge on any atom is -0.466 e. The number of likely N-dealkylation sites (tertiary alicyclic amines) is 1. The highest BCUT2D eigenvalue weighted by atomic mass is 16.6. The third-order valence-electron chi connectivity index (χ3n) is 8.73. The molecule has 1 amide bonds. The van der Waals surface area contributed by atoms with Crippen LogP contribution in [0.4, 0.5) is 4.79 Å². The van der Waals surface area contributed by atoms with E-state index in [9.17, 15) is 14.4 Å². The van der Waals surface area contributed by atoms with Crippen LogP contribution in [-0.4, -0.2) is 122 Å². The minimum atomic E-state index is -0.632. The first kappa shape index (κ1) is 32.2. The molecule has 3 aliphatic heterocycles. The van der Waals surface area contributed by atoms with Crippen LogP contribution in [0.1, 0.15) is 57.9 Å². The predicted octanol–water partition coefficient (Wildman–Crippen LogP) is 3.39. The Hall–Kier alpha value is -2.69. The molecule has 2 atom stereocenters. The molecule has 3 fully saturated rings. The summed E-state index contributed by atoms with van der Waals surface area (Å²) in [6, 6.07) is 10.1. The fraction of sp³-hybridized carbons (Fsp3) is 0.719. The molecular formula is C32H50N4O6. The molecule has 0 spiro atoms. The Morgan fingerprint density at radius 1 is 0.929 bits per heavy atom. The molecule has 0 saturated carbocycles. The Balaban J connectivity index is 1.10. The van der Waals surface area contributed by atoms with Crippen molar-refractivity contribution in [2.75, 3.05) is 72.1 Å².